The lowest BCUT2D eigenvalue weighted by molar-refractivity contribution is -0.210. The average Bonchev–Trinajstić information content (AvgIpc) is 2.58. The second kappa shape index (κ2) is 5.92. The molecule has 0 N–H and O–H groups in total. The van der Waals surface area contributed by atoms with Gasteiger partial charge < -0.3 is 14.4 Å². The normalized spacial score (nSPS) is 31.8. The lowest BCUT2D eigenvalue weighted by atomic mass is 9.73. The quantitative estimate of drug-likeness (QED) is 0.861. The zero-order valence-electron chi connectivity index (χ0n) is 13.7. The summed E-state index contributed by atoms with van der Waals surface area (Å²) < 4.78 is 11.8. The molecule has 1 saturated carbocycles. The van der Waals surface area contributed by atoms with E-state index in [1.54, 1.807) is 7.11 Å². The van der Waals surface area contributed by atoms with Crippen LogP contribution in [0, 0.1) is 0 Å². The first-order valence-corrected chi connectivity index (χ1v) is 8.21. The number of amides is 1. The van der Waals surface area contributed by atoms with Crippen LogP contribution in [-0.4, -0.2) is 37.1 Å². The predicted molar refractivity (Wildman–Crippen MR) is 84.9 cm³/mol. The molecule has 1 aliphatic carbocycles. The Kier molecular flexibility index (Phi) is 4.13. The summed E-state index contributed by atoms with van der Waals surface area (Å²) in [5.41, 5.74) is 0.741. The van der Waals surface area contributed by atoms with E-state index in [9.17, 15) is 4.79 Å². The van der Waals surface area contributed by atoms with Crippen LogP contribution in [0.15, 0.2) is 24.3 Å². The predicted octanol–water partition coefficient (Wildman–Crippen LogP) is 3.10. The molecule has 0 radical (unpaired) electrons. The molecule has 1 aromatic rings. The van der Waals surface area contributed by atoms with Crippen molar-refractivity contribution in [3.05, 3.63) is 29.8 Å². The monoisotopic (exact) mass is 303 g/mol. The molecule has 1 aromatic carbocycles. The first kappa shape index (κ1) is 15.3. The molecule has 3 rings (SSSR count). The van der Waals surface area contributed by atoms with Gasteiger partial charge >= 0.3 is 0 Å². The molecule has 1 heterocycles. The number of nitrogens with zero attached hydrogens (tertiary/aromatic N) is 1. The van der Waals surface area contributed by atoms with Crippen molar-refractivity contribution in [1.29, 1.82) is 0 Å². The first-order chi connectivity index (χ1) is 10.6. The molecule has 2 aliphatic rings. The maximum Gasteiger partial charge on any atom is 0.251 e. The van der Waals surface area contributed by atoms with Crippen molar-refractivity contribution in [1.82, 2.24) is 4.90 Å². The van der Waals surface area contributed by atoms with E-state index in [4.69, 9.17) is 9.47 Å². The Bertz CT molecular complexity index is 559. The molecule has 22 heavy (non-hydrogen) atoms. The standard InChI is InChI=1S/C18H25NO3/c1-4-15-17(20)19(2)16-10-5-6-11-18(16,22-15)13-8-7-9-14(12-13)21-3/h7-9,12,15-16H,4-6,10-11H2,1-3H3/t15-,16-,18-/m1/s1. The summed E-state index contributed by atoms with van der Waals surface area (Å²) in [7, 11) is 3.61. The van der Waals surface area contributed by atoms with E-state index in [2.05, 4.69) is 12.1 Å². The Labute approximate surface area is 132 Å². The third kappa shape index (κ3) is 2.30. The van der Waals surface area contributed by atoms with Crippen LogP contribution in [0.25, 0.3) is 0 Å². The van der Waals surface area contributed by atoms with Gasteiger partial charge in [0, 0.05) is 7.05 Å². The van der Waals surface area contributed by atoms with Crippen molar-refractivity contribution in [3.8, 4) is 5.75 Å². The second-order valence-electron chi connectivity index (χ2n) is 6.35. The molecule has 1 aliphatic heterocycles. The number of carbonyl (C=O) groups excluding carboxylic acids is 1. The second-order valence-corrected chi connectivity index (χ2v) is 6.35. The number of carbonyl (C=O) groups is 1. The number of ether oxygens (including phenoxy) is 2. The van der Waals surface area contributed by atoms with E-state index in [-0.39, 0.29) is 18.1 Å². The molecule has 4 heteroatoms. The zero-order valence-corrected chi connectivity index (χ0v) is 13.7. The van der Waals surface area contributed by atoms with Crippen LogP contribution >= 0.6 is 0 Å². The fraction of sp³-hybridized carbons (Fsp3) is 0.611. The smallest absolute Gasteiger partial charge is 0.251 e. The largest absolute Gasteiger partial charge is 0.497 e. The van der Waals surface area contributed by atoms with Gasteiger partial charge in [0.05, 0.1) is 13.2 Å². The van der Waals surface area contributed by atoms with E-state index < -0.39 is 5.60 Å². The molecule has 3 atom stereocenters. The number of hydrogen-bond donors (Lipinski definition) is 0. The zero-order chi connectivity index (χ0) is 15.7. The summed E-state index contributed by atoms with van der Waals surface area (Å²) >= 11 is 0. The number of rotatable bonds is 3. The maximum atomic E-state index is 12.5. The van der Waals surface area contributed by atoms with Gasteiger partial charge in [0.25, 0.3) is 5.91 Å². The van der Waals surface area contributed by atoms with Gasteiger partial charge in [-0.05, 0) is 37.0 Å². The van der Waals surface area contributed by atoms with Crippen molar-refractivity contribution >= 4 is 5.91 Å². The fourth-order valence-electron chi connectivity index (χ4n) is 4.00. The van der Waals surface area contributed by atoms with Gasteiger partial charge in [-0.2, -0.15) is 0 Å². The summed E-state index contributed by atoms with van der Waals surface area (Å²) in [6.07, 6.45) is 4.60. The van der Waals surface area contributed by atoms with Crippen molar-refractivity contribution in [2.75, 3.05) is 14.2 Å². The SMILES string of the molecule is CC[C@H]1O[C@@]2(c3cccc(OC)c3)CCCC[C@H]2N(C)C1=O. The molecule has 1 amide bonds. The number of methoxy groups -OCH3 is 1. The van der Waals surface area contributed by atoms with E-state index in [1.165, 1.54) is 0 Å². The van der Waals surface area contributed by atoms with Gasteiger partial charge in [-0.3, -0.25) is 4.79 Å². The highest BCUT2D eigenvalue weighted by Crippen LogP contribution is 2.47. The van der Waals surface area contributed by atoms with Crippen molar-refractivity contribution < 1.29 is 14.3 Å². The molecule has 4 nitrogen and oxygen atoms in total. The highest BCUT2D eigenvalue weighted by Gasteiger charge is 2.52. The van der Waals surface area contributed by atoms with Gasteiger partial charge in [0.2, 0.25) is 0 Å². The third-order valence-electron chi connectivity index (χ3n) is 5.19. The number of hydrogen-bond acceptors (Lipinski definition) is 3. The number of likely N-dealkylation sites (N-methyl/N-ethyl adjacent to an activating group) is 1. The summed E-state index contributed by atoms with van der Waals surface area (Å²) in [5, 5.41) is 0. The lowest BCUT2D eigenvalue weighted by Crippen LogP contribution is -2.63. The van der Waals surface area contributed by atoms with Gasteiger partial charge in [-0.15, -0.1) is 0 Å². The van der Waals surface area contributed by atoms with E-state index in [0.717, 1.165) is 37.0 Å². The van der Waals surface area contributed by atoms with Gasteiger partial charge in [-0.1, -0.05) is 31.9 Å². The summed E-state index contributed by atoms with van der Waals surface area (Å²) in [6, 6.07) is 8.25. The first-order valence-electron chi connectivity index (χ1n) is 8.21. The van der Waals surface area contributed by atoms with Crippen molar-refractivity contribution in [2.24, 2.45) is 0 Å². The Morgan fingerprint density at radius 1 is 1.41 bits per heavy atom. The fourth-order valence-corrected chi connectivity index (χ4v) is 4.00. The third-order valence-corrected chi connectivity index (χ3v) is 5.19. The molecular weight excluding hydrogens is 278 g/mol. The number of morpholine rings is 1. The topological polar surface area (TPSA) is 38.8 Å². The molecule has 1 saturated heterocycles. The lowest BCUT2D eigenvalue weighted by Gasteiger charge is -2.53. The van der Waals surface area contributed by atoms with Crippen LogP contribution in [0.5, 0.6) is 5.75 Å². The van der Waals surface area contributed by atoms with Crippen molar-refractivity contribution in [2.45, 2.75) is 56.8 Å². The molecule has 2 fully saturated rings. The van der Waals surface area contributed by atoms with Gasteiger partial charge in [0.1, 0.15) is 17.5 Å². The minimum absolute atomic E-state index is 0.114. The van der Waals surface area contributed by atoms with E-state index in [1.807, 2.05) is 31.0 Å². The highest BCUT2D eigenvalue weighted by atomic mass is 16.5. The van der Waals surface area contributed by atoms with Crippen LogP contribution in [-0.2, 0) is 15.1 Å². The molecule has 0 aromatic heterocycles. The summed E-state index contributed by atoms with van der Waals surface area (Å²) in [4.78, 5) is 14.4. The molecule has 0 unspecified atom stereocenters. The maximum absolute atomic E-state index is 12.5. The van der Waals surface area contributed by atoms with Crippen LogP contribution in [0.3, 0.4) is 0 Å². The Morgan fingerprint density at radius 2 is 2.23 bits per heavy atom. The van der Waals surface area contributed by atoms with Crippen molar-refractivity contribution in [3.63, 3.8) is 0 Å². The molecular formula is C18H25NO3. The van der Waals surface area contributed by atoms with Gasteiger partial charge in [-0.25, -0.2) is 0 Å². The summed E-state index contributed by atoms with van der Waals surface area (Å²) in [6.45, 7) is 2.01. The summed E-state index contributed by atoms with van der Waals surface area (Å²) in [5.74, 6) is 0.959. The van der Waals surface area contributed by atoms with E-state index >= 15 is 0 Å². The van der Waals surface area contributed by atoms with Gasteiger partial charge in [0.15, 0.2) is 0 Å². The Morgan fingerprint density at radius 3 is 2.95 bits per heavy atom. The average molecular weight is 303 g/mol. The molecule has 0 bridgehead atoms. The Balaban J connectivity index is 2.07. The number of fused-ring (bicyclic) bond motifs is 1. The van der Waals surface area contributed by atoms with E-state index in [0.29, 0.717) is 6.42 Å². The van der Waals surface area contributed by atoms with Crippen LogP contribution < -0.4 is 4.74 Å². The van der Waals surface area contributed by atoms with Crippen LogP contribution in [0.4, 0.5) is 0 Å². The van der Waals surface area contributed by atoms with Crippen LogP contribution in [0.2, 0.25) is 0 Å². The minimum atomic E-state index is -0.393. The van der Waals surface area contributed by atoms with Crippen LogP contribution in [0.1, 0.15) is 44.6 Å². The molecule has 0 spiro atoms. The Hall–Kier alpha value is -1.55. The molecule has 120 valence electrons. The highest BCUT2D eigenvalue weighted by molar-refractivity contribution is 5.82. The minimum Gasteiger partial charge on any atom is -0.497 e. The number of benzene rings is 1.